The third-order valence-corrected chi connectivity index (χ3v) is 5.96. The summed E-state index contributed by atoms with van der Waals surface area (Å²) in [6.07, 6.45) is 3.89. The van der Waals surface area contributed by atoms with Gasteiger partial charge in [-0.1, -0.05) is 6.07 Å². The molecule has 2 atom stereocenters. The number of hydrogen-bond acceptors (Lipinski definition) is 4. The van der Waals surface area contributed by atoms with Crippen molar-refractivity contribution in [3.63, 3.8) is 0 Å². The van der Waals surface area contributed by atoms with Crippen LogP contribution in [0.25, 0.3) is 0 Å². The number of pyridine rings is 1. The minimum absolute atomic E-state index is 0.0170. The average molecular weight is 450 g/mol. The second-order valence-electron chi connectivity index (χ2n) is 7.70. The van der Waals surface area contributed by atoms with Crippen molar-refractivity contribution < 1.29 is 9.53 Å². The Morgan fingerprint density at radius 1 is 1.25 bits per heavy atom. The van der Waals surface area contributed by atoms with Gasteiger partial charge in [0.05, 0.1) is 11.7 Å². The topological polar surface area (TPSA) is 71.4 Å². The summed E-state index contributed by atoms with van der Waals surface area (Å²) in [6.45, 7) is 4.98. The number of aryl methyl sites for hydroxylation is 2. The minimum atomic E-state index is -0.185. The Morgan fingerprint density at radius 3 is 2.78 bits per heavy atom. The first-order valence-corrected chi connectivity index (χ1v) is 11.0. The highest BCUT2D eigenvalue weighted by atomic mass is 32.1. The monoisotopic (exact) mass is 449 g/mol. The van der Waals surface area contributed by atoms with Gasteiger partial charge in [0.2, 0.25) is 5.91 Å². The molecule has 0 unspecified atom stereocenters. The van der Waals surface area contributed by atoms with E-state index in [0.29, 0.717) is 5.11 Å². The number of thiocarbonyl (C=S) groups is 1. The van der Waals surface area contributed by atoms with Gasteiger partial charge < -0.3 is 24.8 Å². The van der Waals surface area contributed by atoms with Gasteiger partial charge >= 0.3 is 0 Å². The van der Waals surface area contributed by atoms with Gasteiger partial charge in [0.15, 0.2) is 5.11 Å². The summed E-state index contributed by atoms with van der Waals surface area (Å²) in [5.74, 6) is -0.185. The van der Waals surface area contributed by atoms with Gasteiger partial charge in [0.25, 0.3) is 0 Å². The van der Waals surface area contributed by atoms with Crippen LogP contribution in [0.5, 0.6) is 0 Å². The Labute approximate surface area is 193 Å². The average Bonchev–Trinajstić information content (AvgIpc) is 3.39. The molecule has 4 rings (SSSR count). The van der Waals surface area contributed by atoms with Crippen LogP contribution in [-0.4, -0.2) is 34.3 Å². The number of ether oxygens (including phenoxy) is 1. The predicted octanol–water partition coefficient (Wildman–Crippen LogP) is 3.97. The lowest BCUT2D eigenvalue weighted by Gasteiger charge is -2.29. The third-order valence-electron chi connectivity index (χ3n) is 5.64. The van der Waals surface area contributed by atoms with E-state index in [4.69, 9.17) is 17.0 Å². The highest BCUT2D eigenvalue weighted by molar-refractivity contribution is 7.80. The van der Waals surface area contributed by atoms with Crippen LogP contribution >= 0.6 is 12.2 Å². The summed E-state index contributed by atoms with van der Waals surface area (Å²) in [5.41, 5.74) is 4.75. The third kappa shape index (κ3) is 4.24. The van der Waals surface area contributed by atoms with Crippen molar-refractivity contribution in [1.82, 2.24) is 14.9 Å². The first-order valence-electron chi connectivity index (χ1n) is 10.6. The highest BCUT2D eigenvalue weighted by Crippen LogP contribution is 2.42. The number of carbonyl (C=O) groups excluding carboxylic acids is 1. The zero-order valence-electron chi connectivity index (χ0n) is 18.4. The second kappa shape index (κ2) is 9.50. The van der Waals surface area contributed by atoms with Crippen LogP contribution in [0.3, 0.4) is 0 Å². The summed E-state index contributed by atoms with van der Waals surface area (Å²) in [7, 11) is 1.50. The molecule has 0 spiro atoms. The summed E-state index contributed by atoms with van der Waals surface area (Å²) >= 11 is 5.80. The number of carbonyl (C=O) groups is 1. The molecular weight excluding hydrogens is 422 g/mol. The van der Waals surface area contributed by atoms with Crippen molar-refractivity contribution in [2.45, 2.75) is 32.5 Å². The maximum atomic E-state index is 11.9. The molecule has 0 radical (unpaired) electrons. The molecule has 3 heterocycles. The Morgan fingerprint density at radius 2 is 2.09 bits per heavy atom. The van der Waals surface area contributed by atoms with Crippen LogP contribution in [0.1, 0.15) is 36.0 Å². The predicted molar refractivity (Wildman–Crippen MR) is 130 cm³/mol. The van der Waals surface area contributed by atoms with Gasteiger partial charge in [-0.3, -0.25) is 9.78 Å². The van der Waals surface area contributed by atoms with E-state index in [9.17, 15) is 4.79 Å². The number of nitrogens with one attached hydrogen (secondary N) is 2. The summed E-state index contributed by atoms with van der Waals surface area (Å²) < 4.78 is 7.14. The lowest BCUT2D eigenvalue weighted by molar-refractivity contribution is -0.119. The zero-order chi connectivity index (χ0) is 22.7. The van der Waals surface area contributed by atoms with Crippen LogP contribution in [-0.2, 0) is 16.1 Å². The Kier molecular flexibility index (Phi) is 6.53. The van der Waals surface area contributed by atoms with Crippen molar-refractivity contribution in [2.24, 2.45) is 0 Å². The molecule has 1 aliphatic rings. The van der Waals surface area contributed by atoms with E-state index in [0.717, 1.165) is 34.9 Å². The molecule has 8 heteroatoms. The van der Waals surface area contributed by atoms with E-state index in [2.05, 4.69) is 50.3 Å². The van der Waals surface area contributed by atoms with E-state index in [-0.39, 0.29) is 24.6 Å². The number of aromatic nitrogens is 2. The van der Waals surface area contributed by atoms with Crippen molar-refractivity contribution in [2.75, 3.05) is 23.9 Å². The van der Waals surface area contributed by atoms with Crippen LogP contribution in [0, 0.1) is 6.92 Å². The van der Waals surface area contributed by atoms with Gasteiger partial charge in [-0.25, -0.2) is 0 Å². The number of hydrogen-bond donors (Lipinski definition) is 2. The van der Waals surface area contributed by atoms with Crippen LogP contribution in [0.15, 0.2) is 60.9 Å². The SMILES string of the molecule is CCn1cccc1[C@H]1[C@@H](c2ccccn2)NC(=S)N1c1ccc(NC(=O)COC)c(C)c1. The van der Waals surface area contributed by atoms with Crippen LogP contribution in [0.2, 0.25) is 0 Å². The molecule has 3 aromatic rings. The highest BCUT2D eigenvalue weighted by Gasteiger charge is 2.42. The minimum Gasteiger partial charge on any atom is -0.375 e. The van der Waals surface area contributed by atoms with Crippen LogP contribution in [0.4, 0.5) is 11.4 Å². The van der Waals surface area contributed by atoms with Crippen molar-refractivity contribution in [3.05, 3.63) is 77.9 Å². The van der Waals surface area contributed by atoms with Crippen molar-refractivity contribution in [3.8, 4) is 0 Å². The first kappa shape index (κ1) is 22.0. The van der Waals surface area contributed by atoms with Gasteiger partial charge in [-0.05, 0) is 74.1 Å². The molecule has 1 fully saturated rings. The number of amides is 1. The maximum absolute atomic E-state index is 11.9. The van der Waals surface area contributed by atoms with Gasteiger partial charge in [-0.15, -0.1) is 0 Å². The first-order chi connectivity index (χ1) is 15.5. The molecular formula is C24H27N5O2S. The zero-order valence-corrected chi connectivity index (χ0v) is 19.2. The molecule has 2 N–H and O–H groups in total. The van der Waals surface area contributed by atoms with Crippen LogP contribution < -0.4 is 15.5 Å². The lowest BCUT2D eigenvalue weighted by Crippen LogP contribution is -2.30. The molecule has 32 heavy (non-hydrogen) atoms. The molecule has 1 aliphatic heterocycles. The number of anilines is 2. The Bertz CT molecular complexity index is 1110. The fourth-order valence-electron chi connectivity index (χ4n) is 4.17. The molecule has 7 nitrogen and oxygen atoms in total. The van der Waals surface area contributed by atoms with E-state index in [1.54, 1.807) is 6.20 Å². The van der Waals surface area contributed by atoms with E-state index < -0.39 is 0 Å². The summed E-state index contributed by atoms with van der Waals surface area (Å²) in [6, 6.07) is 15.9. The number of methoxy groups -OCH3 is 1. The molecule has 0 saturated carbocycles. The van der Waals surface area contributed by atoms with Crippen molar-refractivity contribution in [1.29, 1.82) is 0 Å². The standard InChI is InChI=1S/C24H27N5O2S/c1-4-28-13-7-9-20(28)23-22(19-8-5-6-12-25-19)27-24(32)29(23)17-10-11-18(16(2)14-17)26-21(30)15-31-3/h5-14,22-23H,4,15H2,1-3H3,(H,26,30)(H,27,32)/t22-,23+/m1/s1. The number of nitrogens with zero attached hydrogens (tertiary/aromatic N) is 3. The Balaban J connectivity index is 1.74. The van der Waals surface area contributed by atoms with E-state index in [1.165, 1.54) is 7.11 Å². The molecule has 1 saturated heterocycles. The van der Waals surface area contributed by atoms with E-state index in [1.807, 2.05) is 43.3 Å². The fourth-order valence-corrected chi connectivity index (χ4v) is 4.52. The fraction of sp³-hybridized carbons (Fsp3) is 0.292. The Hall–Kier alpha value is -3.23. The van der Waals surface area contributed by atoms with E-state index >= 15 is 0 Å². The molecule has 1 amide bonds. The molecule has 1 aromatic carbocycles. The number of benzene rings is 1. The van der Waals surface area contributed by atoms with Crippen molar-refractivity contribution >= 4 is 34.6 Å². The second-order valence-corrected chi connectivity index (χ2v) is 8.08. The lowest BCUT2D eigenvalue weighted by atomic mass is 10.0. The smallest absolute Gasteiger partial charge is 0.250 e. The molecule has 2 aromatic heterocycles. The van der Waals surface area contributed by atoms with Gasteiger partial charge in [-0.2, -0.15) is 0 Å². The van der Waals surface area contributed by atoms with Gasteiger partial charge in [0.1, 0.15) is 12.6 Å². The number of rotatable bonds is 7. The molecule has 166 valence electrons. The molecule has 0 aliphatic carbocycles. The summed E-state index contributed by atoms with van der Waals surface area (Å²) in [5, 5.41) is 7.02. The maximum Gasteiger partial charge on any atom is 0.250 e. The molecule has 0 bridgehead atoms. The summed E-state index contributed by atoms with van der Waals surface area (Å²) in [4.78, 5) is 18.7. The quantitative estimate of drug-likeness (QED) is 0.532. The largest absolute Gasteiger partial charge is 0.375 e. The van der Waals surface area contributed by atoms with Gasteiger partial charge in [0, 0.05) is 43.1 Å². The normalized spacial score (nSPS) is 18.0.